The summed E-state index contributed by atoms with van der Waals surface area (Å²) >= 11 is 0. The summed E-state index contributed by atoms with van der Waals surface area (Å²) < 4.78 is 0. The van der Waals surface area contributed by atoms with E-state index in [1.165, 1.54) is 0 Å². The number of nitrogens with zero attached hydrogens (tertiary/aromatic N) is 5. The van der Waals surface area contributed by atoms with E-state index in [1.807, 2.05) is 24.4 Å². The summed E-state index contributed by atoms with van der Waals surface area (Å²) in [6.07, 6.45) is 5.93. The Kier molecular flexibility index (Phi) is 5.03. The van der Waals surface area contributed by atoms with E-state index in [9.17, 15) is 0 Å². The van der Waals surface area contributed by atoms with Crippen LogP contribution in [0.4, 0.5) is 5.82 Å². The van der Waals surface area contributed by atoms with Gasteiger partial charge in [-0.15, -0.1) is 0 Å². The second kappa shape index (κ2) is 7.61. The van der Waals surface area contributed by atoms with Gasteiger partial charge in [-0.3, -0.25) is 4.98 Å². The molecule has 5 heteroatoms. The molecule has 1 saturated heterocycles. The van der Waals surface area contributed by atoms with Crippen molar-refractivity contribution in [3.63, 3.8) is 0 Å². The maximum Gasteiger partial charge on any atom is 0.163 e. The molecule has 140 valence electrons. The molecule has 5 nitrogen and oxygen atoms in total. The van der Waals surface area contributed by atoms with E-state index in [4.69, 9.17) is 9.97 Å². The van der Waals surface area contributed by atoms with Gasteiger partial charge in [0.05, 0.1) is 5.52 Å². The van der Waals surface area contributed by atoms with E-state index >= 15 is 0 Å². The molecule has 27 heavy (non-hydrogen) atoms. The highest BCUT2D eigenvalue weighted by Crippen LogP contribution is 2.30. The lowest BCUT2D eigenvalue weighted by Crippen LogP contribution is -2.46. The Morgan fingerprint density at radius 1 is 1.04 bits per heavy atom. The van der Waals surface area contributed by atoms with Gasteiger partial charge in [0, 0.05) is 55.6 Å². The van der Waals surface area contributed by atoms with Crippen LogP contribution in [0.5, 0.6) is 0 Å². The van der Waals surface area contributed by atoms with Crippen LogP contribution >= 0.6 is 0 Å². The monoisotopic (exact) mass is 361 g/mol. The molecule has 4 rings (SSSR count). The molecule has 0 atom stereocenters. The van der Waals surface area contributed by atoms with Gasteiger partial charge in [0.15, 0.2) is 5.82 Å². The number of likely N-dealkylation sites (tertiary alicyclic amines) is 1. The lowest BCUT2D eigenvalue weighted by atomic mass is 10.0. The molecule has 3 aromatic rings. The molecule has 1 aromatic carbocycles. The van der Waals surface area contributed by atoms with Gasteiger partial charge >= 0.3 is 0 Å². The van der Waals surface area contributed by atoms with Crippen molar-refractivity contribution in [2.24, 2.45) is 0 Å². The van der Waals surface area contributed by atoms with Crippen molar-refractivity contribution in [2.45, 2.75) is 38.8 Å². The number of benzene rings is 1. The van der Waals surface area contributed by atoms with Gasteiger partial charge in [0.25, 0.3) is 0 Å². The number of aromatic nitrogens is 3. The Morgan fingerprint density at radius 3 is 2.52 bits per heavy atom. The molecular weight excluding hydrogens is 334 g/mol. The topological polar surface area (TPSA) is 45.2 Å². The van der Waals surface area contributed by atoms with Crippen molar-refractivity contribution in [1.29, 1.82) is 0 Å². The fourth-order valence-electron chi connectivity index (χ4n) is 3.92. The fourth-order valence-corrected chi connectivity index (χ4v) is 3.92. The Labute approximate surface area is 161 Å². The Bertz CT molecular complexity index is 901. The first kappa shape index (κ1) is 17.9. The predicted octanol–water partition coefficient (Wildman–Crippen LogP) is 4.00. The van der Waals surface area contributed by atoms with E-state index in [-0.39, 0.29) is 0 Å². The summed E-state index contributed by atoms with van der Waals surface area (Å²) in [5, 5.41) is 1.11. The minimum absolute atomic E-state index is 0.500. The largest absolute Gasteiger partial charge is 0.356 e. The average molecular weight is 361 g/mol. The third kappa shape index (κ3) is 3.65. The highest BCUT2D eigenvalue weighted by Gasteiger charge is 2.26. The summed E-state index contributed by atoms with van der Waals surface area (Å²) in [6, 6.07) is 13.4. The first-order chi connectivity index (χ1) is 13.1. The van der Waals surface area contributed by atoms with Crippen LogP contribution < -0.4 is 4.90 Å². The van der Waals surface area contributed by atoms with E-state index in [0.717, 1.165) is 54.0 Å². The van der Waals surface area contributed by atoms with Crippen LogP contribution in [0, 0.1) is 0 Å². The van der Waals surface area contributed by atoms with E-state index in [0.29, 0.717) is 12.1 Å². The lowest BCUT2D eigenvalue weighted by molar-refractivity contribution is 0.171. The molecule has 1 fully saturated rings. The number of piperidine rings is 1. The molecule has 0 amide bonds. The van der Waals surface area contributed by atoms with Crippen LogP contribution in [0.1, 0.15) is 26.7 Å². The van der Waals surface area contributed by atoms with Crippen LogP contribution in [0.3, 0.4) is 0 Å². The minimum Gasteiger partial charge on any atom is -0.356 e. The Morgan fingerprint density at radius 2 is 1.81 bits per heavy atom. The van der Waals surface area contributed by atoms with Crippen molar-refractivity contribution in [3.8, 4) is 11.4 Å². The molecule has 2 aromatic heterocycles. The Balaban J connectivity index is 1.70. The molecule has 0 saturated carbocycles. The molecule has 1 aliphatic heterocycles. The summed E-state index contributed by atoms with van der Waals surface area (Å²) in [4.78, 5) is 18.9. The number of anilines is 1. The van der Waals surface area contributed by atoms with Gasteiger partial charge in [-0.2, -0.15) is 0 Å². The highest BCUT2D eigenvalue weighted by atomic mass is 15.2. The number of pyridine rings is 1. The highest BCUT2D eigenvalue weighted by molar-refractivity contribution is 5.91. The number of para-hydroxylation sites is 1. The van der Waals surface area contributed by atoms with Crippen LogP contribution in [-0.4, -0.2) is 52.1 Å². The molecule has 3 heterocycles. The molecule has 0 spiro atoms. The second-order valence-electron chi connectivity index (χ2n) is 7.60. The van der Waals surface area contributed by atoms with Crippen molar-refractivity contribution in [3.05, 3.63) is 48.8 Å². The zero-order valence-corrected chi connectivity index (χ0v) is 16.3. The van der Waals surface area contributed by atoms with E-state index < -0.39 is 0 Å². The number of hydrogen-bond acceptors (Lipinski definition) is 5. The third-order valence-corrected chi connectivity index (χ3v) is 5.61. The van der Waals surface area contributed by atoms with Crippen molar-refractivity contribution >= 4 is 16.7 Å². The van der Waals surface area contributed by atoms with Crippen molar-refractivity contribution < 1.29 is 0 Å². The number of rotatable bonds is 4. The quantitative estimate of drug-likeness (QED) is 0.703. The molecule has 0 aliphatic carbocycles. The summed E-state index contributed by atoms with van der Waals surface area (Å²) in [6.45, 7) is 6.85. The second-order valence-corrected chi connectivity index (χ2v) is 7.60. The molecule has 1 aliphatic rings. The number of hydrogen-bond donors (Lipinski definition) is 0. The van der Waals surface area contributed by atoms with Gasteiger partial charge in [-0.25, -0.2) is 9.97 Å². The summed E-state index contributed by atoms with van der Waals surface area (Å²) in [7, 11) is 2.18. The predicted molar refractivity (Wildman–Crippen MR) is 111 cm³/mol. The van der Waals surface area contributed by atoms with Crippen molar-refractivity contribution in [1.82, 2.24) is 19.9 Å². The molecule has 0 N–H and O–H groups in total. The van der Waals surface area contributed by atoms with Gasteiger partial charge in [-0.1, -0.05) is 12.1 Å². The SMILES string of the molecule is CC(C)N1CCC(N(C)c2nc(-c3cccnc3)nc3ccccc23)CC1. The van der Waals surface area contributed by atoms with Crippen molar-refractivity contribution in [2.75, 3.05) is 25.0 Å². The minimum atomic E-state index is 0.500. The third-order valence-electron chi connectivity index (χ3n) is 5.61. The average Bonchev–Trinajstić information content (AvgIpc) is 2.73. The van der Waals surface area contributed by atoms with Crippen LogP contribution in [0.15, 0.2) is 48.8 Å². The zero-order chi connectivity index (χ0) is 18.8. The first-order valence-corrected chi connectivity index (χ1v) is 9.77. The van der Waals surface area contributed by atoms with E-state index in [2.05, 4.69) is 53.9 Å². The fraction of sp³-hybridized carbons (Fsp3) is 0.409. The molecule has 0 radical (unpaired) electrons. The zero-order valence-electron chi connectivity index (χ0n) is 16.3. The van der Waals surface area contributed by atoms with Crippen LogP contribution in [-0.2, 0) is 0 Å². The molecular formula is C22H27N5. The first-order valence-electron chi connectivity index (χ1n) is 9.77. The van der Waals surface area contributed by atoms with Crippen LogP contribution in [0.25, 0.3) is 22.3 Å². The van der Waals surface area contributed by atoms with Gasteiger partial charge in [0.2, 0.25) is 0 Å². The molecule has 0 bridgehead atoms. The van der Waals surface area contributed by atoms with Gasteiger partial charge in [-0.05, 0) is 51.0 Å². The Hall–Kier alpha value is -2.53. The standard InChI is InChI=1S/C22H27N5/c1-16(2)27-13-10-18(11-14-27)26(3)22-19-8-4-5-9-20(19)24-21(25-22)17-7-6-12-23-15-17/h4-9,12,15-16,18H,10-11,13-14H2,1-3H3. The maximum absolute atomic E-state index is 4.96. The normalized spacial score (nSPS) is 16.1. The smallest absolute Gasteiger partial charge is 0.163 e. The van der Waals surface area contributed by atoms with E-state index in [1.54, 1.807) is 6.20 Å². The lowest BCUT2D eigenvalue weighted by Gasteiger charge is -2.39. The molecule has 0 unspecified atom stereocenters. The van der Waals surface area contributed by atoms with Gasteiger partial charge < -0.3 is 9.80 Å². The summed E-state index contributed by atoms with van der Waals surface area (Å²) in [5.74, 6) is 1.76. The summed E-state index contributed by atoms with van der Waals surface area (Å²) in [5.41, 5.74) is 1.93. The number of fused-ring (bicyclic) bond motifs is 1. The van der Waals surface area contributed by atoms with Gasteiger partial charge in [0.1, 0.15) is 5.82 Å². The van der Waals surface area contributed by atoms with Crippen LogP contribution in [0.2, 0.25) is 0 Å². The maximum atomic E-state index is 4.96.